The molecule has 0 bridgehead atoms. The Hall–Kier alpha value is -3.87. The van der Waals surface area contributed by atoms with E-state index in [9.17, 15) is 14.0 Å². The first-order valence-electron chi connectivity index (χ1n) is 8.78. The number of para-hydroxylation sites is 3. The Bertz CT molecular complexity index is 1010. The van der Waals surface area contributed by atoms with Crippen LogP contribution in [0, 0.1) is 5.82 Å². The minimum absolute atomic E-state index is 0.00556. The van der Waals surface area contributed by atoms with Gasteiger partial charge in [0, 0.05) is 11.3 Å². The number of anilines is 2. The Morgan fingerprint density at radius 1 is 0.862 bits per heavy atom. The Labute approximate surface area is 167 Å². The highest BCUT2D eigenvalue weighted by molar-refractivity contribution is 6.05. The molecule has 0 aliphatic carbocycles. The summed E-state index contributed by atoms with van der Waals surface area (Å²) in [5.41, 5.74) is 1.46. The van der Waals surface area contributed by atoms with Crippen LogP contribution in [0.2, 0.25) is 0 Å². The van der Waals surface area contributed by atoms with Crippen LogP contribution in [0.1, 0.15) is 10.4 Å². The highest BCUT2D eigenvalue weighted by Crippen LogP contribution is 2.24. The quantitative estimate of drug-likeness (QED) is 0.632. The predicted octanol–water partition coefficient (Wildman–Crippen LogP) is 4.10. The Balaban J connectivity index is 1.56. The van der Waals surface area contributed by atoms with Gasteiger partial charge in [0.05, 0.1) is 12.8 Å². The van der Waals surface area contributed by atoms with E-state index in [0.717, 1.165) is 0 Å². The monoisotopic (exact) mass is 394 g/mol. The second-order valence-electron chi connectivity index (χ2n) is 6.00. The van der Waals surface area contributed by atoms with Crippen LogP contribution in [0.25, 0.3) is 0 Å². The molecule has 0 radical (unpaired) electrons. The molecule has 3 aromatic carbocycles. The zero-order chi connectivity index (χ0) is 20.6. The van der Waals surface area contributed by atoms with Crippen LogP contribution in [0.3, 0.4) is 0 Å². The lowest BCUT2D eigenvalue weighted by molar-refractivity contribution is -0.118. The van der Waals surface area contributed by atoms with Gasteiger partial charge in [0.15, 0.2) is 18.2 Å². The summed E-state index contributed by atoms with van der Waals surface area (Å²) >= 11 is 0. The number of carbonyl (C=O) groups is 2. The van der Waals surface area contributed by atoms with Gasteiger partial charge >= 0.3 is 0 Å². The minimum Gasteiger partial charge on any atom is -0.495 e. The fourth-order valence-electron chi connectivity index (χ4n) is 2.55. The van der Waals surface area contributed by atoms with E-state index < -0.39 is 11.7 Å². The first kappa shape index (κ1) is 19.9. The maximum Gasteiger partial charge on any atom is 0.262 e. The fraction of sp³-hybridized carbons (Fsp3) is 0.0909. The van der Waals surface area contributed by atoms with Gasteiger partial charge in [-0.05, 0) is 48.5 Å². The highest BCUT2D eigenvalue weighted by Gasteiger charge is 2.10. The number of hydrogen-bond donors (Lipinski definition) is 2. The average Bonchev–Trinajstić information content (AvgIpc) is 2.74. The lowest BCUT2D eigenvalue weighted by Crippen LogP contribution is -2.20. The number of carbonyl (C=O) groups excluding carboxylic acids is 2. The van der Waals surface area contributed by atoms with Gasteiger partial charge in [-0.1, -0.05) is 24.3 Å². The second-order valence-corrected chi connectivity index (χ2v) is 6.00. The topological polar surface area (TPSA) is 76.7 Å². The van der Waals surface area contributed by atoms with Crippen LogP contribution in [-0.4, -0.2) is 25.5 Å². The van der Waals surface area contributed by atoms with Gasteiger partial charge in [0.2, 0.25) is 0 Å². The molecule has 0 aliphatic rings. The summed E-state index contributed by atoms with van der Waals surface area (Å²) in [7, 11) is 1.53. The van der Waals surface area contributed by atoms with Gasteiger partial charge in [-0.25, -0.2) is 4.39 Å². The van der Waals surface area contributed by atoms with Crippen molar-refractivity contribution in [2.24, 2.45) is 0 Å². The van der Waals surface area contributed by atoms with Gasteiger partial charge < -0.3 is 20.1 Å². The van der Waals surface area contributed by atoms with Crippen molar-refractivity contribution in [2.45, 2.75) is 0 Å². The lowest BCUT2D eigenvalue weighted by Gasteiger charge is -2.11. The summed E-state index contributed by atoms with van der Waals surface area (Å²) in [5, 5.41) is 5.40. The maximum absolute atomic E-state index is 13.5. The van der Waals surface area contributed by atoms with Gasteiger partial charge in [-0.3, -0.25) is 9.59 Å². The SMILES string of the molecule is COc1ccccc1NC(=O)c1ccc(NC(=O)COc2ccccc2F)cc1. The van der Waals surface area contributed by atoms with Crippen molar-refractivity contribution in [2.75, 3.05) is 24.4 Å². The molecule has 0 heterocycles. The van der Waals surface area contributed by atoms with Crippen molar-refractivity contribution in [1.29, 1.82) is 0 Å². The molecular formula is C22H19FN2O4. The van der Waals surface area contributed by atoms with Crippen LogP contribution in [-0.2, 0) is 4.79 Å². The molecule has 6 nitrogen and oxygen atoms in total. The standard InChI is InChI=1S/C22H19FN2O4/c1-28-20-9-5-3-7-18(20)25-22(27)15-10-12-16(13-11-15)24-21(26)14-29-19-8-4-2-6-17(19)23/h2-13H,14H2,1H3,(H,24,26)(H,25,27). The van der Waals surface area contributed by atoms with Crippen molar-refractivity contribution in [3.63, 3.8) is 0 Å². The summed E-state index contributed by atoms with van der Waals surface area (Å²) in [6.45, 7) is -0.336. The first-order chi connectivity index (χ1) is 14.1. The molecule has 0 spiro atoms. The minimum atomic E-state index is -0.536. The highest BCUT2D eigenvalue weighted by atomic mass is 19.1. The number of benzene rings is 3. The van der Waals surface area contributed by atoms with Crippen LogP contribution in [0.4, 0.5) is 15.8 Å². The van der Waals surface area contributed by atoms with E-state index in [2.05, 4.69) is 10.6 Å². The number of hydrogen-bond acceptors (Lipinski definition) is 4. The summed E-state index contributed by atoms with van der Waals surface area (Å²) in [4.78, 5) is 24.4. The number of nitrogens with one attached hydrogen (secondary N) is 2. The molecule has 0 fully saturated rings. The predicted molar refractivity (Wildman–Crippen MR) is 108 cm³/mol. The van der Waals surface area contributed by atoms with Gasteiger partial charge in [0.25, 0.3) is 11.8 Å². The summed E-state index contributed by atoms with van der Waals surface area (Å²) in [5.74, 6) is -0.731. The molecule has 3 aromatic rings. The third kappa shape index (κ3) is 5.32. The van der Waals surface area contributed by atoms with Crippen molar-refractivity contribution in [3.05, 3.63) is 84.2 Å². The summed E-state index contributed by atoms with van der Waals surface area (Å²) < 4.78 is 23.9. The lowest BCUT2D eigenvalue weighted by atomic mass is 10.2. The molecule has 0 aromatic heterocycles. The normalized spacial score (nSPS) is 10.1. The molecule has 2 amide bonds. The first-order valence-corrected chi connectivity index (χ1v) is 8.78. The van der Waals surface area contributed by atoms with E-state index >= 15 is 0 Å². The van der Waals surface area contributed by atoms with E-state index in [1.54, 1.807) is 48.5 Å². The number of methoxy groups -OCH3 is 1. The van der Waals surface area contributed by atoms with Crippen LogP contribution < -0.4 is 20.1 Å². The van der Waals surface area contributed by atoms with Gasteiger partial charge in [-0.15, -0.1) is 0 Å². The zero-order valence-corrected chi connectivity index (χ0v) is 15.6. The third-order valence-electron chi connectivity index (χ3n) is 3.98. The van der Waals surface area contributed by atoms with Crippen molar-refractivity contribution in [3.8, 4) is 11.5 Å². The number of amides is 2. The molecule has 0 atom stereocenters. The van der Waals surface area contributed by atoms with E-state index in [0.29, 0.717) is 22.7 Å². The number of halogens is 1. The molecule has 7 heteroatoms. The van der Waals surface area contributed by atoms with E-state index in [1.165, 1.54) is 25.3 Å². The molecular weight excluding hydrogens is 375 g/mol. The molecule has 0 saturated carbocycles. The Morgan fingerprint density at radius 2 is 1.52 bits per heavy atom. The molecule has 0 unspecified atom stereocenters. The Morgan fingerprint density at radius 3 is 2.21 bits per heavy atom. The smallest absolute Gasteiger partial charge is 0.262 e. The van der Waals surface area contributed by atoms with Gasteiger partial charge in [-0.2, -0.15) is 0 Å². The summed E-state index contributed by atoms with van der Waals surface area (Å²) in [6, 6.07) is 19.3. The largest absolute Gasteiger partial charge is 0.495 e. The van der Waals surface area contributed by atoms with Crippen molar-refractivity contribution < 1.29 is 23.5 Å². The second kappa shape index (κ2) is 9.36. The molecule has 2 N–H and O–H groups in total. The molecule has 148 valence electrons. The van der Waals surface area contributed by atoms with Crippen LogP contribution in [0.15, 0.2) is 72.8 Å². The average molecular weight is 394 g/mol. The number of ether oxygens (including phenoxy) is 2. The van der Waals surface area contributed by atoms with Crippen molar-refractivity contribution >= 4 is 23.2 Å². The van der Waals surface area contributed by atoms with E-state index in [-0.39, 0.29) is 18.3 Å². The van der Waals surface area contributed by atoms with Crippen molar-refractivity contribution in [1.82, 2.24) is 0 Å². The van der Waals surface area contributed by atoms with Crippen LogP contribution in [0.5, 0.6) is 11.5 Å². The summed E-state index contributed by atoms with van der Waals surface area (Å²) in [6.07, 6.45) is 0. The van der Waals surface area contributed by atoms with E-state index in [1.807, 2.05) is 6.07 Å². The maximum atomic E-state index is 13.5. The Kier molecular flexibility index (Phi) is 6.42. The third-order valence-corrected chi connectivity index (χ3v) is 3.98. The molecule has 29 heavy (non-hydrogen) atoms. The number of rotatable bonds is 7. The van der Waals surface area contributed by atoms with Gasteiger partial charge in [0.1, 0.15) is 5.75 Å². The molecule has 3 rings (SSSR count). The molecule has 0 aliphatic heterocycles. The fourth-order valence-corrected chi connectivity index (χ4v) is 2.55. The van der Waals surface area contributed by atoms with E-state index in [4.69, 9.17) is 9.47 Å². The zero-order valence-electron chi connectivity index (χ0n) is 15.6. The molecule has 0 saturated heterocycles. The van der Waals surface area contributed by atoms with Crippen LogP contribution >= 0.6 is 0 Å².